The number of benzene rings is 3. The summed E-state index contributed by atoms with van der Waals surface area (Å²) in [6.07, 6.45) is 1.80. The number of ether oxygens (including phenoxy) is 4. The van der Waals surface area contributed by atoms with Crippen LogP contribution in [-0.2, 0) is 13.0 Å². The van der Waals surface area contributed by atoms with Crippen LogP contribution in [0.1, 0.15) is 29.2 Å². The van der Waals surface area contributed by atoms with E-state index < -0.39 is 0 Å². The fraction of sp³-hybridized carbons (Fsp3) is 0.250. The molecule has 0 aliphatic carbocycles. The van der Waals surface area contributed by atoms with Crippen molar-refractivity contribution >= 4 is 0 Å². The summed E-state index contributed by atoms with van der Waals surface area (Å²) in [5.41, 5.74) is 3.37. The highest BCUT2D eigenvalue weighted by atomic mass is 16.5. The van der Waals surface area contributed by atoms with Gasteiger partial charge in [0.2, 0.25) is 0 Å². The van der Waals surface area contributed by atoms with E-state index in [0.717, 1.165) is 47.0 Å². The van der Waals surface area contributed by atoms with Crippen LogP contribution in [0.4, 0.5) is 0 Å². The smallest absolute Gasteiger partial charge is 0.129 e. The van der Waals surface area contributed by atoms with Crippen molar-refractivity contribution in [2.24, 2.45) is 0 Å². The van der Waals surface area contributed by atoms with E-state index in [1.807, 2.05) is 60.7 Å². The van der Waals surface area contributed by atoms with E-state index >= 15 is 0 Å². The van der Waals surface area contributed by atoms with Gasteiger partial charge in [-0.1, -0.05) is 36.4 Å². The Balaban J connectivity index is 1.51. The molecule has 144 valence electrons. The van der Waals surface area contributed by atoms with Crippen LogP contribution in [0.2, 0.25) is 0 Å². The van der Waals surface area contributed by atoms with Crippen molar-refractivity contribution in [2.75, 3.05) is 14.2 Å². The van der Waals surface area contributed by atoms with Gasteiger partial charge in [-0.15, -0.1) is 0 Å². The Kier molecular flexibility index (Phi) is 5.38. The van der Waals surface area contributed by atoms with E-state index in [1.54, 1.807) is 14.2 Å². The zero-order valence-corrected chi connectivity index (χ0v) is 16.2. The molecule has 28 heavy (non-hydrogen) atoms. The summed E-state index contributed by atoms with van der Waals surface area (Å²) in [5, 5.41) is 0. The quantitative estimate of drug-likeness (QED) is 0.581. The Hall–Kier alpha value is -3.14. The minimum absolute atomic E-state index is 0.0577. The summed E-state index contributed by atoms with van der Waals surface area (Å²) in [6.45, 7) is 0.524. The normalized spacial score (nSPS) is 15.3. The van der Waals surface area contributed by atoms with Crippen LogP contribution in [0.25, 0.3) is 0 Å². The Bertz CT molecular complexity index is 937. The lowest BCUT2D eigenvalue weighted by molar-refractivity contribution is 0.171. The van der Waals surface area contributed by atoms with E-state index in [1.165, 1.54) is 5.56 Å². The third-order valence-electron chi connectivity index (χ3n) is 5.02. The third kappa shape index (κ3) is 3.91. The summed E-state index contributed by atoms with van der Waals surface area (Å²) in [4.78, 5) is 0. The lowest BCUT2D eigenvalue weighted by Crippen LogP contribution is -2.16. The van der Waals surface area contributed by atoms with Crippen LogP contribution in [0.15, 0.2) is 66.7 Å². The summed E-state index contributed by atoms with van der Waals surface area (Å²) < 4.78 is 23.2. The first-order valence-corrected chi connectivity index (χ1v) is 9.45. The van der Waals surface area contributed by atoms with E-state index in [4.69, 9.17) is 18.9 Å². The molecule has 0 spiro atoms. The van der Waals surface area contributed by atoms with Crippen molar-refractivity contribution in [2.45, 2.75) is 25.6 Å². The second kappa shape index (κ2) is 8.26. The molecule has 4 rings (SSSR count). The number of hydrogen-bond donors (Lipinski definition) is 0. The maximum Gasteiger partial charge on any atom is 0.129 e. The molecular weight excluding hydrogens is 352 g/mol. The van der Waals surface area contributed by atoms with Crippen molar-refractivity contribution in [1.82, 2.24) is 0 Å². The maximum atomic E-state index is 6.27. The van der Waals surface area contributed by atoms with Crippen LogP contribution in [-0.4, -0.2) is 14.2 Å². The summed E-state index contributed by atoms with van der Waals surface area (Å²) in [7, 11) is 3.35. The van der Waals surface area contributed by atoms with Gasteiger partial charge >= 0.3 is 0 Å². The zero-order valence-electron chi connectivity index (χ0n) is 16.2. The lowest BCUT2D eigenvalue weighted by atomic mass is 9.96. The highest BCUT2D eigenvalue weighted by molar-refractivity contribution is 5.46. The number of rotatable bonds is 6. The summed E-state index contributed by atoms with van der Waals surface area (Å²) >= 11 is 0. The Morgan fingerprint density at radius 1 is 0.893 bits per heavy atom. The van der Waals surface area contributed by atoms with Crippen molar-refractivity contribution in [3.63, 3.8) is 0 Å². The molecular formula is C24H24O4. The SMILES string of the molecule is COc1ccc2c(c1)OC(c1ccc(OCc3ccccc3)cc1OC)CC2. The highest BCUT2D eigenvalue weighted by Crippen LogP contribution is 2.40. The second-order valence-corrected chi connectivity index (χ2v) is 6.80. The molecule has 3 aromatic rings. The van der Waals surface area contributed by atoms with Gasteiger partial charge in [-0.05, 0) is 42.2 Å². The zero-order chi connectivity index (χ0) is 19.3. The molecule has 1 aliphatic rings. The van der Waals surface area contributed by atoms with Gasteiger partial charge in [0.15, 0.2) is 0 Å². The molecule has 0 saturated heterocycles. The first kappa shape index (κ1) is 18.2. The van der Waals surface area contributed by atoms with Crippen LogP contribution in [0.3, 0.4) is 0 Å². The first-order chi connectivity index (χ1) is 13.8. The Labute approximate surface area is 165 Å². The van der Waals surface area contributed by atoms with E-state index in [2.05, 4.69) is 6.07 Å². The summed E-state index contributed by atoms with van der Waals surface area (Å²) in [5.74, 6) is 3.24. The molecule has 0 aromatic heterocycles. The van der Waals surface area contributed by atoms with Crippen molar-refractivity contribution in [3.05, 3.63) is 83.4 Å². The highest BCUT2D eigenvalue weighted by Gasteiger charge is 2.24. The van der Waals surface area contributed by atoms with Gasteiger partial charge in [0, 0.05) is 17.7 Å². The van der Waals surface area contributed by atoms with Crippen LogP contribution >= 0.6 is 0 Å². The molecule has 0 saturated carbocycles. The molecule has 3 aromatic carbocycles. The van der Waals surface area contributed by atoms with E-state index in [-0.39, 0.29) is 6.10 Å². The minimum Gasteiger partial charge on any atom is -0.497 e. The van der Waals surface area contributed by atoms with Gasteiger partial charge in [0.1, 0.15) is 35.7 Å². The molecule has 1 aliphatic heterocycles. The number of methoxy groups -OCH3 is 2. The topological polar surface area (TPSA) is 36.9 Å². The number of fused-ring (bicyclic) bond motifs is 1. The molecule has 1 heterocycles. The molecule has 0 amide bonds. The van der Waals surface area contributed by atoms with Crippen molar-refractivity contribution in [3.8, 4) is 23.0 Å². The van der Waals surface area contributed by atoms with Crippen molar-refractivity contribution in [1.29, 1.82) is 0 Å². The van der Waals surface area contributed by atoms with Gasteiger partial charge in [-0.2, -0.15) is 0 Å². The van der Waals surface area contributed by atoms with Gasteiger partial charge < -0.3 is 18.9 Å². The average molecular weight is 376 g/mol. The monoisotopic (exact) mass is 376 g/mol. The van der Waals surface area contributed by atoms with Crippen LogP contribution in [0.5, 0.6) is 23.0 Å². The predicted octanol–water partition coefficient (Wildman–Crippen LogP) is 5.35. The molecule has 0 N–H and O–H groups in total. The average Bonchev–Trinajstić information content (AvgIpc) is 2.77. The predicted molar refractivity (Wildman–Crippen MR) is 108 cm³/mol. The molecule has 1 atom stereocenters. The molecule has 4 heteroatoms. The Morgan fingerprint density at radius 3 is 2.50 bits per heavy atom. The van der Waals surface area contributed by atoms with E-state index in [9.17, 15) is 0 Å². The van der Waals surface area contributed by atoms with Gasteiger partial charge in [0.25, 0.3) is 0 Å². The molecule has 1 unspecified atom stereocenters. The fourth-order valence-electron chi connectivity index (χ4n) is 3.48. The lowest BCUT2D eigenvalue weighted by Gasteiger charge is -2.28. The second-order valence-electron chi connectivity index (χ2n) is 6.80. The largest absolute Gasteiger partial charge is 0.497 e. The molecule has 0 bridgehead atoms. The first-order valence-electron chi connectivity index (χ1n) is 9.45. The standard InChI is InChI=1S/C24H24O4/c1-25-19-10-8-18-9-13-22(28-23(18)14-19)21-12-11-20(15-24(21)26-2)27-16-17-6-4-3-5-7-17/h3-8,10-12,14-15,22H,9,13,16H2,1-2H3. The van der Waals surface area contributed by atoms with Gasteiger partial charge in [-0.25, -0.2) is 0 Å². The molecule has 0 radical (unpaired) electrons. The number of aryl methyl sites for hydroxylation is 1. The summed E-state index contributed by atoms with van der Waals surface area (Å²) in [6, 6.07) is 22.1. The van der Waals surface area contributed by atoms with Crippen LogP contribution < -0.4 is 18.9 Å². The number of hydrogen-bond acceptors (Lipinski definition) is 4. The van der Waals surface area contributed by atoms with Gasteiger partial charge in [0.05, 0.1) is 14.2 Å². The minimum atomic E-state index is -0.0577. The van der Waals surface area contributed by atoms with E-state index in [0.29, 0.717) is 6.61 Å². The third-order valence-corrected chi connectivity index (χ3v) is 5.02. The Morgan fingerprint density at radius 2 is 1.71 bits per heavy atom. The van der Waals surface area contributed by atoms with Crippen molar-refractivity contribution < 1.29 is 18.9 Å². The molecule has 4 nitrogen and oxygen atoms in total. The maximum absolute atomic E-state index is 6.27. The molecule has 0 fully saturated rings. The fourth-order valence-corrected chi connectivity index (χ4v) is 3.48. The van der Waals surface area contributed by atoms with Crippen LogP contribution in [0, 0.1) is 0 Å². The van der Waals surface area contributed by atoms with Gasteiger partial charge in [-0.3, -0.25) is 0 Å².